The molecule has 1 aliphatic heterocycles. The molecule has 1 fully saturated rings. The average molecular weight is 541 g/mol. The Morgan fingerprint density at radius 2 is 1.37 bits per heavy atom. The molecule has 0 aromatic carbocycles. The Labute approximate surface area is 197 Å². The normalized spacial score (nSPS) is 27.5. The molecule has 35 heavy (non-hydrogen) atoms. The third-order valence-electron chi connectivity index (χ3n) is 4.14. The van der Waals surface area contributed by atoms with E-state index in [0.717, 1.165) is 6.92 Å². The Kier molecular flexibility index (Phi) is 16.6. The van der Waals surface area contributed by atoms with Gasteiger partial charge in [0.1, 0.15) is 48.8 Å². The van der Waals surface area contributed by atoms with Crippen molar-refractivity contribution in [1.82, 2.24) is 5.32 Å². The summed E-state index contributed by atoms with van der Waals surface area (Å²) in [5.74, 6) is -2.71. The van der Waals surface area contributed by atoms with Gasteiger partial charge in [0.25, 0.3) is 0 Å². The Hall–Kier alpha value is -1.48. The molecule has 1 amide bonds. The topological polar surface area (TPSA) is 332 Å². The van der Waals surface area contributed by atoms with Crippen LogP contribution < -0.4 is 5.32 Å². The molecule has 208 valence electrons. The van der Waals surface area contributed by atoms with Crippen LogP contribution in [-0.2, 0) is 23.7 Å². The molecule has 0 spiro atoms. The summed E-state index contributed by atoms with van der Waals surface area (Å²) in [6, 6.07) is -1.10. The van der Waals surface area contributed by atoms with E-state index in [2.05, 4.69) is 5.32 Å². The van der Waals surface area contributed by atoms with Crippen LogP contribution in [0.3, 0.4) is 0 Å². The molecular weight excluding hydrogens is 509 g/mol. The van der Waals surface area contributed by atoms with Crippen molar-refractivity contribution in [2.24, 2.45) is 0 Å². The van der Waals surface area contributed by atoms with Gasteiger partial charge in [-0.25, -0.2) is 4.57 Å². The van der Waals surface area contributed by atoms with Crippen LogP contribution in [0, 0.1) is 0 Å². The fourth-order valence-corrected chi connectivity index (χ4v) is 2.37. The van der Waals surface area contributed by atoms with E-state index in [0.29, 0.717) is 0 Å². The summed E-state index contributed by atoms with van der Waals surface area (Å²) >= 11 is 0. The highest BCUT2D eigenvalue weighted by atomic mass is 31.2. The number of rotatable bonds is 8. The van der Waals surface area contributed by atoms with Crippen LogP contribution >= 0.6 is 7.82 Å². The fourth-order valence-electron chi connectivity index (χ4n) is 2.37. The van der Waals surface area contributed by atoms with Gasteiger partial charge in [-0.05, 0) is 0 Å². The van der Waals surface area contributed by atoms with Gasteiger partial charge in [0.05, 0.1) is 13.2 Å². The van der Waals surface area contributed by atoms with Gasteiger partial charge in [0.15, 0.2) is 12.1 Å². The third kappa shape index (κ3) is 14.0. The van der Waals surface area contributed by atoms with Crippen molar-refractivity contribution < 1.29 is 84.3 Å². The van der Waals surface area contributed by atoms with Gasteiger partial charge in [0.2, 0.25) is 11.7 Å². The maximum Gasteiger partial charge on any atom is 0.466 e. The number of carbonyl (C=O) groups excluding carboxylic acids is 3. The van der Waals surface area contributed by atoms with Crippen molar-refractivity contribution >= 4 is 25.3 Å². The van der Waals surface area contributed by atoms with Crippen LogP contribution in [0.5, 0.6) is 0 Å². The predicted octanol–water partition coefficient (Wildman–Crippen LogP) is -7.43. The standard InChI is InChI=1S/C8H15NO6.C8H14O7.H3O4P/c1-3(11)9-5-7(13)6(12)4(2-10)15-8(5)14;1-3(10)5(12)7(14)8(15)6(13)4(11)2-9;1-5(2,3)4/h4-8,10,12-14H,2H2,1H3,(H,9,11);4,6-9,11,13-15H,2H2,1H3;(H3,1,2,3,4)/t4-,5-,6-,7-,8?;;/m1../s1. The van der Waals surface area contributed by atoms with Gasteiger partial charge in [-0.1, -0.05) is 0 Å². The minimum Gasteiger partial charge on any atom is -0.394 e. The summed E-state index contributed by atoms with van der Waals surface area (Å²) in [5.41, 5.74) is 0. The summed E-state index contributed by atoms with van der Waals surface area (Å²) < 4.78 is 13.7. The summed E-state index contributed by atoms with van der Waals surface area (Å²) in [6.45, 7) is 0.734. The van der Waals surface area contributed by atoms with Gasteiger partial charge in [-0.2, -0.15) is 0 Å². The summed E-state index contributed by atoms with van der Waals surface area (Å²) in [6.07, 6.45) is -13.0. The van der Waals surface area contributed by atoms with Crippen molar-refractivity contribution in [2.75, 3.05) is 13.2 Å². The zero-order valence-corrected chi connectivity index (χ0v) is 19.4. The molecule has 1 rings (SSSR count). The number of nitrogens with one attached hydrogen (secondary N) is 1. The van der Waals surface area contributed by atoms with Gasteiger partial charge in [0, 0.05) is 13.8 Å². The summed E-state index contributed by atoms with van der Waals surface area (Å²) in [4.78, 5) is 53.7. The molecule has 0 aromatic heterocycles. The van der Waals surface area contributed by atoms with Gasteiger partial charge in [-0.3, -0.25) is 14.4 Å². The van der Waals surface area contributed by atoms with E-state index in [1.54, 1.807) is 0 Å². The van der Waals surface area contributed by atoms with Crippen molar-refractivity contribution in [3.05, 3.63) is 0 Å². The van der Waals surface area contributed by atoms with Gasteiger partial charge < -0.3 is 70.7 Å². The molecular formula is C16H32NO17P. The number of amides is 1. The number of phosphoric acid groups is 1. The smallest absolute Gasteiger partial charge is 0.394 e. The second-order valence-electron chi connectivity index (χ2n) is 7.06. The molecule has 1 aliphatic rings. The Morgan fingerprint density at radius 1 is 0.914 bits per heavy atom. The quantitative estimate of drug-likeness (QED) is 0.100. The van der Waals surface area contributed by atoms with Crippen molar-refractivity contribution in [3.63, 3.8) is 0 Å². The molecule has 13 N–H and O–H groups in total. The minimum absolute atomic E-state index is 0.462. The van der Waals surface area contributed by atoms with E-state index in [4.69, 9.17) is 54.6 Å². The van der Waals surface area contributed by atoms with E-state index in [9.17, 15) is 29.7 Å². The fraction of sp³-hybridized carbons (Fsp3) is 0.812. The summed E-state index contributed by atoms with van der Waals surface area (Å²) in [5, 5.41) is 84.1. The number of hydrogen-bond acceptors (Lipinski definition) is 14. The zero-order chi connectivity index (χ0) is 28.3. The lowest BCUT2D eigenvalue weighted by atomic mass is 9.97. The van der Waals surface area contributed by atoms with Crippen LogP contribution in [0.1, 0.15) is 13.8 Å². The minimum atomic E-state index is -4.64. The van der Waals surface area contributed by atoms with Crippen molar-refractivity contribution in [1.29, 1.82) is 0 Å². The number of carbonyl (C=O) groups is 3. The first-order chi connectivity index (χ1) is 15.8. The molecule has 1 heterocycles. The van der Waals surface area contributed by atoms with E-state index >= 15 is 0 Å². The second kappa shape index (κ2) is 16.3. The van der Waals surface area contributed by atoms with Crippen molar-refractivity contribution in [3.8, 4) is 0 Å². The highest BCUT2D eigenvalue weighted by Gasteiger charge is 2.43. The third-order valence-corrected chi connectivity index (χ3v) is 4.14. The van der Waals surface area contributed by atoms with Gasteiger partial charge >= 0.3 is 7.82 Å². The number of hydrogen-bond donors (Lipinski definition) is 13. The SMILES string of the molecule is CC(=O)C(=O)C(O)C(O)C(O)C(O)CO.CC(=O)N[C@H]1C(O)O[C@H](CO)[C@@H](O)[C@@H]1O.O=P(O)(O)O. The maximum atomic E-state index is 10.9. The number of ketones is 2. The van der Waals surface area contributed by atoms with Crippen LogP contribution in [-0.4, -0.2) is 146 Å². The Balaban J connectivity index is 0. The van der Waals surface area contributed by atoms with E-state index in [1.807, 2.05) is 0 Å². The number of ether oxygens (including phenoxy) is 1. The summed E-state index contributed by atoms with van der Waals surface area (Å²) in [7, 11) is -4.64. The lowest BCUT2D eigenvalue weighted by Gasteiger charge is -2.40. The largest absolute Gasteiger partial charge is 0.466 e. The van der Waals surface area contributed by atoms with Crippen molar-refractivity contribution in [2.45, 2.75) is 68.9 Å². The zero-order valence-electron chi connectivity index (χ0n) is 18.5. The highest BCUT2D eigenvalue weighted by molar-refractivity contribution is 7.45. The van der Waals surface area contributed by atoms with Crippen LogP contribution in [0.4, 0.5) is 0 Å². The number of aliphatic hydroxyl groups is 9. The lowest BCUT2D eigenvalue weighted by molar-refractivity contribution is -0.253. The molecule has 0 aromatic rings. The Bertz CT molecular complexity index is 708. The molecule has 18 nitrogen and oxygen atoms in total. The molecule has 5 unspecified atom stereocenters. The van der Waals surface area contributed by atoms with Crippen LogP contribution in [0.25, 0.3) is 0 Å². The highest BCUT2D eigenvalue weighted by Crippen LogP contribution is 2.25. The first kappa shape index (κ1) is 35.7. The molecule has 0 saturated carbocycles. The average Bonchev–Trinajstić information content (AvgIpc) is 2.75. The van der Waals surface area contributed by atoms with E-state index in [-0.39, 0.29) is 0 Å². The molecule has 19 heteroatoms. The van der Waals surface area contributed by atoms with E-state index in [1.165, 1.54) is 6.92 Å². The molecule has 1 saturated heterocycles. The van der Waals surface area contributed by atoms with Crippen LogP contribution in [0.2, 0.25) is 0 Å². The lowest BCUT2D eigenvalue weighted by Crippen LogP contribution is -2.63. The first-order valence-corrected chi connectivity index (χ1v) is 11.1. The molecule has 0 bridgehead atoms. The molecule has 9 atom stereocenters. The van der Waals surface area contributed by atoms with Crippen LogP contribution in [0.15, 0.2) is 0 Å². The predicted molar refractivity (Wildman–Crippen MR) is 109 cm³/mol. The van der Waals surface area contributed by atoms with E-state index < -0.39 is 93.6 Å². The number of aliphatic hydroxyl groups excluding tert-OH is 9. The molecule has 0 aliphatic carbocycles. The monoisotopic (exact) mass is 541 g/mol. The Morgan fingerprint density at radius 3 is 1.71 bits per heavy atom. The first-order valence-electron chi connectivity index (χ1n) is 9.53. The second-order valence-corrected chi connectivity index (χ2v) is 8.09. The number of Topliss-reactive ketones (excluding diaryl/α,β-unsaturated/α-hetero) is 2. The van der Waals surface area contributed by atoms with Gasteiger partial charge in [-0.15, -0.1) is 0 Å². The molecule has 0 radical (unpaired) electrons. The maximum absolute atomic E-state index is 10.9.